The third-order valence-electron chi connectivity index (χ3n) is 3.46. The second kappa shape index (κ2) is 8.17. The predicted octanol–water partition coefficient (Wildman–Crippen LogP) is 1.44. The number of nitrogens with zero attached hydrogens (tertiary/aromatic N) is 2. The van der Waals surface area contributed by atoms with Crippen LogP contribution in [0.25, 0.3) is 0 Å². The number of rotatable bonds is 5. The summed E-state index contributed by atoms with van der Waals surface area (Å²) >= 11 is 0. The van der Waals surface area contributed by atoms with Crippen LogP contribution >= 0.6 is 12.4 Å². The molecular weight excluding hydrogens is 264 g/mol. The summed E-state index contributed by atoms with van der Waals surface area (Å²) in [5.74, 6) is 0.691. The number of carbonyl (C=O) groups is 1. The van der Waals surface area contributed by atoms with Crippen molar-refractivity contribution in [3.8, 4) is 0 Å². The van der Waals surface area contributed by atoms with Crippen LogP contribution in [0.15, 0.2) is 12.4 Å². The summed E-state index contributed by atoms with van der Waals surface area (Å²) in [5, 5.41) is 10.5. The molecular formula is C13H23ClN4O. The lowest BCUT2D eigenvalue weighted by Gasteiger charge is -2.22. The SMILES string of the molecule is CCn1cc(C(=O)NCCC2CCCNC2)cn1.Cl. The van der Waals surface area contributed by atoms with Gasteiger partial charge in [0.05, 0.1) is 11.8 Å². The van der Waals surface area contributed by atoms with E-state index in [2.05, 4.69) is 15.7 Å². The van der Waals surface area contributed by atoms with Crippen LogP contribution in [0.5, 0.6) is 0 Å². The summed E-state index contributed by atoms with van der Waals surface area (Å²) in [7, 11) is 0. The minimum Gasteiger partial charge on any atom is -0.352 e. The van der Waals surface area contributed by atoms with Gasteiger partial charge in [-0.3, -0.25) is 9.48 Å². The van der Waals surface area contributed by atoms with Gasteiger partial charge in [-0.05, 0) is 45.2 Å². The van der Waals surface area contributed by atoms with Gasteiger partial charge in [0.25, 0.3) is 5.91 Å². The highest BCUT2D eigenvalue weighted by Gasteiger charge is 2.13. The summed E-state index contributed by atoms with van der Waals surface area (Å²) in [6.07, 6.45) is 7.00. The van der Waals surface area contributed by atoms with Gasteiger partial charge in [-0.15, -0.1) is 12.4 Å². The van der Waals surface area contributed by atoms with E-state index in [4.69, 9.17) is 0 Å². The van der Waals surface area contributed by atoms with Gasteiger partial charge in [0.15, 0.2) is 0 Å². The van der Waals surface area contributed by atoms with Crippen LogP contribution in [0.4, 0.5) is 0 Å². The number of piperidine rings is 1. The Kier molecular flexibility index (Phi) is 6.87. The molecule has 0 aliphatic carbocycles. The van der Waals surface area contributed by atoms with Crippen molar-refractivity contribution in [3.05, 3.63) is 18.0 Å². The van der Waals surface area contributed by atoms with Gasteiger partial charge in [-0.2, -0.15) is 5.10 Å². The molecule has 5 nitrogen and oxygen atoms in total. The van der Waals surface area contributed by atoms with E-state index in [-0.39, 0.29) is 18.3 Å². The van der Waals surface area contributed by atoms with Crippen LogP contribution < -0.4 is 10.6 Å². The summed E-state index contributed by atoms with van der Waals surface area (Å²) in [4.78, 5) is 11.8. The van der Waals surface area contributed by atoms with Crippen LogP contribution in [0.2, 0.25) is 0 Å². The molecule has 19 heavy (non-hydrogen) atoms. The summed E-state index contributed by atoms with van der Waals surface area (Å²) in [6, 6.07) is 0. The van der Waals surface area contributed by atoms with E-state index in [9.17, 15) is 4.79 Å². The average Bonchev–Trinajstić information content (AvgIpc) is 2.89. The first-order valence-electron chi connectivity index (χ1n) is 6.81. The molecule has 2 heterocycles. The lowest BCUT2D eigenvalue weighted by Crippen LogP contribution is -2.33. The van der Waals surface area contributed by atoms with Crippen LogP contribution in [0.1, 0.15) is 36.5 Å². The van der Waals surface area contributed by atoms with Gasteiger partial charge >= 0.3 is 0 Å². The highest BCUT2D eigenvalue weighted by atomic mass is 35.5. The maximum Gasteiger partial charge on any atom is 0.254 e. The Hall–Kier alpha value is -1.07. The molecule has 1 amide bonds. The lowest BCUT2D eigenvalue weighted by atomic mass is 9.96. The van der Waals surface area contributed by atoms with Gasteiger partial charge in [0.1, 0.15) is 0 Å². The molecule has 2 rings (SSSR count). The highest BCUT2D eigenvalue weighted by Crippen LogP contribution is 2.12. The number of halogens is 1. The van der Waals surface area contributed by atoms with Crippen LogP contribution in [-0.4, -0.2) is 35.3 Å². The molecule has 2 N–H and O–H groups in total. The van der Waals surface area contributed by atoms with Crippen molar-refractivity contribution in [2.45, 2.75) is 32.7 Å². The van der Waals surface area contributed by atoms with E-state index < -0.39 is 0 Å². The Labute approximate surface area is 120 Å². The van der Waals surface area contributed by atoms with Crippen molar-refractivity contribution < 1.29 is 4.79 Å². The maximum absolute atomic E-state index is 11.8. The fourth-order valence-corrected chi connectivity index (χ4v) is 2.32. The molecule has 108 valence electrons. The van der Waals surface area contributed by atoms with Crippen molar-refractivity contribution >= 4 is 18.3 Å². The molecule has 1 atom stereocenters. The zero-order valence-electron chi connectivity index (χ0n) is 11.4. The molecule has 0 aromatic carbocycles. The molecule has 1 aromatic heterocycles. The van der Waals surface area contributed by atoms with Gasteiger partial charge in [0, 0.05) is 19.3 Å². The van der Waals surface area contributed by atoms with E-state index in [1.807, 2.05) is 6.92 Å². The first-order valence-corrected chi connectivity index (χ1v) is 6.81. The summed E-state index contributed by atoms with van der Waals surface area (Å²) in [5.41, 5.74) is 0.651. The summed E-state index contributed by atoms with van der Waals surface area (Å²) < 4.78 is 1.76. The number of amides is 1. The Morgan fingerprint density at radius 2 is 2.47 bits per heavy atom. The Balaban J connectivity index is 0.00000180. The highest BCUT2D eigenvalue weighted by molar-refractivity contribution is 5.93. The molecule has 1 fully saturated rings. The molecule has 0 spiro atoms. The van der Waals surface area contributed by atoms with E-state index in [1.54, 1.807) is 17.1 Å². The Bertz CT molecular complexity index is 388. The maximum atomic E-state index is 11.8. The van der Waals surface area contributed by atoms with E-state index in [0.717, 1.165) is 32.6 Å². The van der Waals surface area contributed by atoms with E-state index >= 15 is 0 Å². The molecule has 0 saturated carbocycles. The van der Waals surface area contributed by atoms with Crippen molar-refractivity contribution in [2.75, 3.05) is 19.6 Å². The quantitative estimate of drug-likeness (QED) is 0.861. The third kappa shape index (κ3) is 4.84. The largest absolute Gasteiger partial charge is 0.352 e. The fraction of sp³-hybridized carbons (Fsp3) is 0.692. The predicted molar refractivity (Wildman–Crippen MR) is 77.7 cm³/mol. The minimum absolute atomic E-state index is 0. The Morgan fingerprint density at radius 1 is 1.63 bits per heavy atom. The molecule has 1 unspecified atom stereocenters. The van der Waals surface area contributed by atoms with Gasteiger partial charge in [-0.1, -0.05) is 0 Å². The number of hydrogen-bond donors (Lipinski definition) is 2. The topological polar surface area (TPSA) is 59.0 Å². The van der Waals surface area contributed by atoms with Gasteiger partial charge in [0.2, 0.25) is 0 Å². The monoisotopic (exact) mass is 286 g/mol. The molecule has 1 aliphatic rings. The fourth-order valence-electron chi connectivity index (χ4n) is 2.32. The molecule has 0 radical (unpaired) electrons. The smallest absolute Gasteiger partial charge is 0.254 e. The standard InChI is InChI=1S/C13H22N4O.ClH/c1-2-17-10-12(9-16-17)13(18)15-7-5-11-4-3-6-14-8-11;/h9-11,14H,2-8H2,1H3,(H,15,18);1H. The van der Waals surface area contributed by atoms with E-state index in [1.165, 1.54) is 12.8 Å². The average molecular weight is 287 g/mol. The molecule has 1 aromatic rings. The van der Waals surface area contributed by atoms with Crippen LogP contribution in [-0.2, 0) is 6.54 Å². The minimum atomic E-state index is -0.0153. The van der Waals surface area contributed by atoms with Crippen LogP contribution in [0, 0.1) is 5.92 Å². The number of hydrogen-bond acceptors (Lipinski definition) is 3. The van der Waals surface area contributed by atoms with Crippen molar-refractivity contribution in [2.24, 2.45) is 5.92 Å². The van der Waals surface area contributed by atoms with Gasteiger partial charge < -0.3 is 10.6 Å². The van der Waals surface area contributed by atoms with Crippen molar-refractivity contribution in [3.63, 3.8) is 0 Å². The zero-order valence-corrected chi connectivity index (χ0v) is 12.2. The van der Waals surface area contributed by atoms with Crippen molar-refractivity contribution in [1.82, 2.24) is 20.4 Å². The normalized spacial score (nSPS) is 18.7. The first kappa shape index (κ1) is 16.0. The summed E-state index contributed by atoms with van der Waals surface area (Å²) in [6.45, 7) is 5.77. The number of nitrogens with one attached hydrogen (secondary N) is 2. The molecule has 1 saturated heterocycles. The first-order chi connectivity index (χ1) is 8.79. The second-order valence-electron chi connectivity index (χ2n) is 4.84. The number of aromatic nitrogens is 2. The number of carbonyl (C=O) groups excluding carboxylic acids is 1. The number of aryl methyl sites for hydroxylation is 1. The molecule has 6 heteroatoms. The second-order valence-corrected chi connectivity index (χ2v) is 4.84. The van der Waals surface area contributed by atoms with Gasteiger partial charge in [-0.25, -0.2) is 0 Å². The molecule has 1 aliphatic heterocycles. The lowest BCUT2D eigenvalue weighted by molar-refractivity contribution is 0.0950. The molecule has 0 bridgehead atoms. The van der Waals surface area contributed by atoms with Crippen LogP contribution in [0.3, 0.4) is 0 Å². The third-order valence-corrected chi connectivity index (χ3v) is 3.46. The van der Waals surface area contributed by atoms with Crippen molar-refractivity contribution in [1.29, 1.82) is 0 Å². The van der Waals surface area contributed by atoms with E-state index in [0.29, 0.717) is 11.5 Å². The Morgan fingerprint density at radius 3 is 3.11 bits per heavy atom. The zero-order chi connectivity index (χ0) is 12.8.